The topological polar surface area (TPSA) is 32.3 Å². The summed E-state index contributed by atoms with van der Waals surface area (Å²) in [5.74, 6) is 0.555. The molecule has 1 aliphatic carbocycles. The summed E-state index contributed by atoms with van der Waals surface area (Å²) < 4.78 is 0. The number of rotatable bonds is 2. The molecule has 0 bridgehead atoms. The number of hydrogen-bond acceptors (Lipinski definition) is 2. The van der Waals surface area contributed by atoms with Crippen molar-refractivity contribution in [1.82, 2.24) is 10.2 Å². The first-order valence-corrected chi connectivity index (χ1v) is 4.03. The van der Waals surface area contributed by atoms with Gasteiger partial charge in [-0.1, -0.05) is 0 Å². The highest BCUT2D eigenvalue weighted by molar-refractivity contribution is 5.79. The molecule has 0 saturated heterocycles. The van der Waals surface area contributed by atoms with Crippen LogP contribution in [0, 0.1) is 5.92 Å². The van der Waals surface area contributed by atoms with Crippen LogP contribution in [0.4, 0.5) is 0 Å². The molecule has 0 atom stereocenters. The number of hydrogen-bond donors (Lipinski definition) is 1. The van der Waals surface area contributed by atoms with E-state index in [9.17, 15) is 4.79 Å². The summed E-state index contributed by atoms with van der Waals surface area (Å²) in [6.45, 7) is 0. The lowest BCUT2D eigenvalue weighted by Crippen LogP contribution is -2.46. The van der Waals surface area contributed by atoms with Crippen molar-refractivity contribution in [2.24, 2.45) is 5.92 Å². The van der Waals surface area contributed by atoms with Gasteiger partial charge in [0.2, 0.25) is 5.91 Å². The van der Waals surface area contributed by atoms with Gasteiger partial charge in [0.25, 0.3) is 0 Å². The molecule has 11 heavy (non-hydrogen) atoms. The zero-order valence-corrected chi connectivity index (χ0v) is 7.42. The number of carbonyl (C=O) groups excluding carboxylic acids is 1. The van der Waals surface area contributed by atoms with Crippen molar-refractivity contribution < 1.29 is 4.79 Å². The van der Waals surface area contributed by atoms with Crippen molar-refractivity contribution in [3.63, 3.8) is 0 Å². The molecule has 0 spiro atoms. The monoisotopic (exact) mass is 156 g/mol. The molecular weight excluding hydrogens is 140 g/mol. The van der Waals surface area contributed by atoms with Gasteiger partial charge in [0.1, 0.15) is 0 Å². The van der Waals surface area contributed by atoms with E-state index >= 15 is 0 Å². The van der Waals surface area contributed by atoms with Crippen LogP contribution < -0.4 is 5.32 Å². The summed E-state index contributed by atoms with van der Waals surface area (Å²) in [6.07, 6.45) is 2.01. The number of nitrogens with one attached hydrogen (secondary N) is 1. The third-order valence-electron chi connectivity index (χ3n) is 2.34. The molecule has 64 valence electrons. The summed E-state index contributed by atoms with van der Waals surface area (Å²) in [5, 5.41) is 3.15. The molecule has 1 fully saturated rings. The van der Waals surface area contributed by atoms with E-state index in [2.05, 4.69) is 5.32 Å². The van der Waals surface area contributed by atoms with Gasteiger partial charge in [-0.3, -0.25) is 4.79 Å². The summed E-state index contributed by atoms with van der Waals surface area (Å²) in [6, 6.07) is 0.573. The summed E-state index contributed by atoms with van der Waals surface area (Å²) >= 11 is 0. The molecule has 1 N–H and O–H groups in total. The Hall–Kier alpha value is -0.570. The van der Waals surface area contributed by atoms with Crippen molar-refractivity contribution in [3.8, 4) is 0 Å². The van der Waals surface area contributed by atoms with E-state index in [1.165, 1.54) is 0 Å². The summed E-state index contributed by atoms with van der Waals surface area (Å²) in [7, 11) is 5.57. The lowest BCUT2D eigenvalue weighted by Gasteiger charge is -2.35. The first kappa shape index (κ1) is 8.53. The Labute approximate surface area is 67.8 Å². The standard InChI is InChI=1S/C8H16N2O/c1-9-7-4-6(5-7)8(11)10(2)3/h6-7,9H,4-5H2,1-3H3. The third-order valence-corrected chi connectivity index (χ3v) is 2.34. The highest BCUT2D eigenvalue weighted by atomic mass is 16.2. The molecule has 3 nitrogen and oxygen atoms in total. The van der Waals surface area contributed by atoms with E-state index in [1.807, 2.05) is 21.1 Å². The van der Waals surface area contributed by atoms with Crippen LogP contribution in [0.3, 0.4) is 0 Å². The lowest BCUT2D eigenvalue weighted by molar-refractivity contribution is -0.136. The van der Waals surface area contributed by atoms with Gasteiger partial charge in [-0.05, 0) is 19.9 Å². The molecule has 0 unspecified atom stereocenters. The molecule has 1 amide bonds. The second-order valence-corrected chi connectivity index (χ2v) is 3.39. The predicted octanol–water partition coefficient (Wildman–Crippen LogP) is 0.0726. The minimum Gasteiger partial charge on any atom is -0.349 e. The van der Waals surface area contributed by atoms with E-state index < -0.39 is 0 Å². The van der Waals surface area contributed by atoms with Crippen molar-refractivity contribution in [2.45, 2.75) is 18.9 Å². The zero-order chi connectivity index (χ0) is 8.43. The Kier molecular flexibility index (Phi) is 2.49. The second-order valence-electron chi connectivity index (χ2n) is 3.39. The van der Waals surface area contributed by atoms with E-state index in [1.54, 1.807) is 4.90 Å². The zero-order valence-electron chi connectivity index (χ0n) is 7.42. The highest BCUT2D eigenvalue weighted by Crippen LogP contribution is 2.28. The van der Waals surface area contributed by atoms with Crippen LogP contribution in [-0.2, 0) is 4.79 Å². The Balaban J connectivity index is 2.27. The van der Waals surface area contributed by atoms with Crippen LogP contribution in [0.2, 0.25) is 0 Å². The average Bonchev–Trinajstić information content (AvgIpc) is 1.85. The van der Waals surface area contributed by atoms with Gasteiger partial charge in [-0.15, -0.1) is 0 Å². The third kappa shape index (κ3) is 1.71. The van der Waals surface area contributed by atoms with Crippen molar-refractivity contribution in [1.29, 1.82) is 0 Å². The first-order valence-electron chi connectivity index (χ1n) is 4.03. The van der Waals surface area contributed by atoms with Gasteiger partial charge < -0.3 is 10.2 Å². The molecule has 0 aromatic carbocycles. The maximum Gasteiger partial charge on any atom is 0.225 e. The molecule has 3 heteroatoms. The van der Waals surface area contributed by atoms with Gasteiger partial charge in [-0.25, -0.2) is 0 Å². The van der Waals surface area contributed by atoms with Crippen molar-refractivity contribution in [3.05, 3.63) is 0 Å². The first-order chi connectivity index (χ1) is 5.15. The molecule has 1 saturated carbocycles. The van der Waals surface area contributed by atoms with Crippen LogP contribution in [-0.4, -0.2) is 38.0 Å². The molecule has 0 aliphatic heterocycles. The summed E-state index contributed by atoms with van der Waals surface area (Å²) in [5.41, 5.74) is 0. The Morgan fingerprint density at radius 3 is 2.36 bits per heavy atom. The maximum absolute atomic E-state index is 11.3. The van der Waals surface area contributed by atoms with Gasteiger partial charge in [0.05, 0.1) is 0 Å². The molecule has 0 radical (unpaired) electrons. The lowest BCUT2D eigenvalue weighted by atomic mass is 9.79. The fraction of sp³-hybridized carbons (Fsp3) is 0.875. The highest BCUT2D eigenvalue weighted by Gasteiger charge is 2.33. The van der Waals surface area contributed by atoms with Crippen LogP contribution in [0.1, 0.15) is 12.8 Å². The van der Waals surface area contributed by atoms with E-state index in [0.29, 0.717) is 6.04 Å². The van der Waals surface area contributed by atoms with E-state index in [-0.39, 0.29) is 11.8 Å². The Bertz CT molecular complexity index is 150. The second kappa shape index (κ2) is 3.22. The van der Waals surface area contributed by atoms with Gasteiger partial charge in [-0.2, -0.15) is 0 Å². The quantitative estimate of drug-likeness (QED) is 0.613. The predicted molar refractivity (Wildman–Crippen MR) is 44.3 cm³/mol. The Morgan fingerprint density at radius 2 is 2.00 bits per heavy atom. The molecule has 0 aromatic heterocycles. The molecule has 1 rings (SSSR count). The normalized spacial score (nSPS) is 29.4. The number of carbonyl (C=O) groups is 1. The van der Waals surface area contributed by atoms with Crippen LogP contribution >= 0.6 is 0 Å². The van der Waals surface area contributed by atoms with Crippen LogP contribution in [0.25, 0.3) is 0 Å². The van der Waals surface area contributed by atoms with Crippen molar-refractivity contribution in [2.75, 3.05) is 21.1 Å². The minimum absolute atomic E-state index is 0.275. The SMILES string of the molecule is CNC1CC(C(=O)N(C)C)C1. The van der Waals surface area contributed by atoms with Gasteiger partial charge in [0.15, 0.2) is 0 Å². The van der Waals surface area contributed by atoms with Gasteiger partial charge in [0, 0.05) is 26.1 Å². The van der Waals surface area contributed by atoms with E-state index in [4.69, 9.17) is 0 Å². The maximum atomic E-state index is 11.3. The van der Waals surface area contributed by atoms with Crippen LogP contribution in [0.5, 0.6) is 0 Å². The summed E-state index contributed by atoms with van der Waals surface area (Å²) in [4.78, 5) is 13.0. The van der Waals surface area contributed by atoms with Crippen LogP contribution in [0.15, 0.2) is 0 Å². The molecule has 0 aromatic rings. The largest absolute Gasteiger partial charge is 0.349 e. The Morgan fingerprint density at radius 1 is 1.45 bits per heavy atom. The average molecular weight is 156 g/mol. The fourth-order valence-electron chi connectivity index (χ4n) is 1.42. The van der Waals surface area contributed by atoms with E-state index in [0.717, 1.165) is 12.8 Å². The fourth-order valence-corrected chi connectivity index (χ4v) is 1.42. The molecular formula is C8H16N2O. The van der Waals surface area contributed by atoms with Gasteiger partial charge >= 0.3 is 0 Å². The number of nitrogens with zero attached hydrogens (tertiary/aromatic N) is 1. The minimum atomic E-state index is 0.275. The molecule has 1 aliphatic rings. The number of amides is 1. The van der Waals surface area contributed by atoms with Crippen molar-refractivity contribution >= 4 is 5.91 Å². The molecule has 0 heterocycles. The smallest absolute Gasteiger partial charge is 0.225 e.